The maximum atomic E-state index is 12.4. The van der Waals surface area contributed by atoms with Gasteiger partial charge in [-0.05, 0) is 56.9 Å². The van der Waals surface area contributed by atoms with E-state index in [1.54, 1.807) is 0 Å². The number of carbonyl (C=O) groups excluding carboxylic acids is 2. The fourth-order valence-corrected chi connectivity index (χ4v) is 3.50. The number of carbonyl (C=O) groups is 2. The summed E-state index contributed by atoms with van der Waals surface area (Å²) in [5.41, 5.74) is 0.501. The Balaban J connectivity index is 2.67. The van der Waals surface area contributed by atoms with E-state index in [-0.39, 0.29) is 22.8 Å². The molecule has 1 rings (SSSR count). The van der Waals surface area contributed by atoms with E-state index in [1.165, 1.54) is 38.1 Å². The van der Waals surface area contributed by atoms with Crippen LogP contribution in [0.3, 0.4) is 0 Å². The Kier molecular flexibility index (Phi) is 8.23. The second-order valence-corrected chi connectivity index (χ2v) is 8.64. The van der Waals surface area contributed by atoms with Gasteiger partial charge in [0.1, 0.15) is 0 Å². The largest absolute Gasteiger partial charge is 0.352 e. The average Bonchev–Trinajstić information content (AvgIpc) is 2.52. The third-order valence-corrected chi connectivity index (χ3v) is 5.33. The van der Waals surface area contributed by atoms with Crippen molar-refractivity contribution in [3.63, 3.8) is 0 Å². The van der Waals surface area contributed by atoms with Crippen molar-refractivity contribution in [3.05, 3.63) is 24.3 Å². The predicted octanol–water partition coefficient (Wildman–Crippen LogP) is 2.25. The molecule has 0 aliphatic heterocycles. The van der Waals surface area contributed by atoms with E-state index in [9.17, 15) is 18.0 Å². The fourth-order valence-electron chi connectivity index (χ4n) is 2.30. The molecule has 0 radical (unpaired) electrons. The highest BCUT2D eigenvalue weighted by molar-refractivity contribution is 7.89. The van der Waals surface area contributed by atoms with Crippen LogP contribution in [0.5, 0.6) is 0 Å². The minimum atomic E-state index is -3.83. The molecule has 0 bridgehead atoms. The van der Waals surface area contributed by atoms with Crippen LogP contribution < -0.4 is 15.4 Å². The smallest absolute Gasteiger partial charge is 0.241 e. The Morgan fingerprint density at radius 2 is 1.58 bits per heavy atom. The van der Waals surface area contributed by atoms with E-state index in [2.05, 4.69) is 29.2 Å². The molecule has 2 atom stereocenters. The van der Waals surface area contributed by atoms with Crippen LogP contribution in [0.4, 0.5) is 5.69 Å². The lowest BCUT2D eigenvalue weighted by molar-refractivity contribution is -0.123. The van der Waals surface area contributed by atoms with Gasteiger partial charge >= 0.3 is 0 Å². The molecule has 0 aliphatic carbocycles. The first-order chi connectivity index (χ1) is 12.0. The predicted molar refractivity (Wildman–Crippen MR) is 102 cm³/mol. The molecule has 8 heteroatoms. The van der Waals surface area contributed by atoms with Crippen LogP contribution in [0.1, 0.15) is 47.5 Å². The summed E-state index contributed by atoms with van der Waals surface area (Å²) >= 11 is 0. The number of hydrogen-bond donors (Lipinski definition) is 3. The first kappa shape index (κ1) is 22.1. The molecule has 0 spiro atoms. The van der Waals surface area contributed by atoms with Crippen molar-refractivity contribution in [1.29, 1.82) is 0 Å². The minimum Gasteiger partial charge on any atom is -0.352 e. The minimum absolute atomic E-state index is 0.0196. The van der Waals surface area contributed by atoms with E-state index >= 15 is 0 Å². The third kappa shape index (κ3) is 7.53. The molecular formula is C18H29N3O4S. The van der Waals surface area contributed by atoms with Crippen molar-refractivity contribution in [3.8, 4) is 0 Å². The average molecular weight is 384 g/mol. The topological polar surface area (TPSA) is 104 Å². The molecule has 1 aromatic rings. The lowest BCUT2D eigenvalue weighted by Gasteiger charge is -2.19. The van der Waals surface area contributed by atoms with Gasteiger partial charge in [-0.3, -0.25) is 9.59 Å². The Morgan fingerprint density at radius 1 is 1.00 bits per heavy atom. The summed E-state index contributed by atoms with van der Waals surface area (Å²) < 4.78 is 27.2. The summed E-state index contributed by atoms with van der Waals surface area (Å²) in [4.78, 5) is 23.2. The molecule has 0 aliphatic rings. The van der Waals surface area contributed by atoms with Gasteiger partial charge in [0, 0.05) is 18.7 Å². The highest BCUT2D eigenvalue weighted by Crippen LogP contribution is 2.14. The van der Waals surface area contributed by atoms with Crippen LogP contribution in [-0.2, 0) is 19.6 Å². The monoisotopic (exact) mass is 383 g/mol. The molecule has 0 saturated heterocycles. The van der Waals surface area contributed by atoms with Crippen molar-refractivity contribution in [2.45, 2.75) is 64.4 Å². The van der Waals surface area contributed by atoms with Crippen molar-refractivity contribution in [1.82, 2.24) is 10.0 Å². The lowest BCUT2D eigenvalue weighted by atomic mass is 10.0. The molecule has 2 amide bonds. The van der Waals surface area contributed by atoms with Crippen LogP contribution in [0.2, 0.25) is 0 Å². The van der Waals surface area contributed by atoms with Crippen LogP contribution in [-0.4, -0.2) is 32.3 Å². The highest BCUT2D eigenvalue weighted by atomic mass is 32.2. The Hall–Kier alpha value is -1.93. The lowest BCUT2D eigenvalue weighted by Crippen LogP contribution is -2.47. The second kappa shape index (κ2) is 9.68. The normalized spacial score (nSPS) is 13.9. The van der Waals surface area contributed by atoms with E-state index in [4.69, 9.17) is 0 Å². The van der Waals surface area contributed by atoms with Crippen molar-refractivity contribution < 1.29 is 18.0 Å². The number of amides is 2. The van der Waals surface area contributed by atoms with Gasteiger partial charge in [0.25, 0.3) is 0 Å². The molecule has 0 heterocycles. The Bertz CT molecular complexity index is 714. The molecule has 146 valence electrons. The van der Waals surface area contributed by atoms with Gasteiger partial charge in [-0.15, -0.1) is 0 Å². The van der Waals surface area contributed by atoms with Gasteiger partial charge in [-0.1, -0.05) is 13.8 Å². The number of benzene rings is 1. The molecular weight excluding hydrogens is 354 g/mol. The van der Waals surface area contributed by atoms with Gasteiger partial charge in [-0.2, -0.15) is 4.72 Å². The molecule has 3 N–H and O–H groups in total. The van der Waals surface area contributed by atoms with Gasteiger partial charge in [0.15, 0.2) is 0 Å². The number of rotatable bonds is 9. The summed E-state index contributed by atoms with van der Waals surface area (Å²) in [5, 5.41) is 5.39. The summed E-state index contributed by atoms with van der Waals surface area (Å²) in [6, 6.07) is 4.83. The quantitative estimate of drug-likeness (QED) is 0.608. The Labute approximate surface area is 156 Å². The third-order valence-electron chi connectivity index (χ3n) is 3.78. The summed E-state index contributed by atoms with van der Waals surface area (Å²) in [6.07, 6.45) is 1.83. The number of anilines is 1. The molecule has 0 fully saturated rings. The maximum absolute atomic E-state index is 12.4. The number of nitrogens with one attached hydrogen (secondary N) is 3. The van der Waals surface area contributed by atoms with E-state index in [0.29, 0.717) is 11.6 Å². The zero-order valence-electron chi connectivity index (χ0n) is 16.0. The number of sulfonamides is 1. The molecule has 26 heavy (non-hydrogen) atoms. The molecule has 0 saturated carbocycles. The van der Waals surface area contributed by atoms with Gasteiger partial charge < -0.3 is 10.6 Å². The van der Waals surface area contributed by atoms with Crippen LogP contribution >= 0.6 is 0 Å². The zero-order valence-corrected chi connectivity index (χ0v) is 16.8. The van der Waals surface area contributed by atoms with Crippen molar-refractivity contribution in [2.75, 3.05) is 5.32 Å². The molecule has 0 aromatic heterocycles. The fraction of sp³-hybridized carbons (Fsp3) is 0.556. The molecule has 7 nitrogen and oxygen atoms in total. The summed E-state index contributed by atoms with van der Waals surface area (Å²) in [5.74, 6) is -0.0546. The van der Waals surface area contributed by atoms with E-state index < -0.39 is 16.1 Å². The van der Waals surface area contributed by atoms with Crippen molar-refractivity contribution in [2.24, 2.45) is 5.92 Å². The van der Waals surface area contributed by atoms with Gasteiger partial charge in [0.2, 0.25) is 21.8 Å². The maximum Gasteiger partial charge on any atom is 0.241 e. The van der Waals surface area contributed by atoms with Crippen molar-refractivity contribution >= 4 is 27.5 Å². The second-order valence-electron chi connectivity index (χ2n) is 6.93. The summed E-state index contributed by atoms with van der Waals surface area (Å²) in [7, 11) is -3.83. The van der Waals surface area contributed by atoms with Crippen LogP contribution in [0, 0.1) is 5.92 Å². The van der Waals surface area contributed by atoms with Gasteiger partial charge in [-0.25, -0.2) is 8.42 Å². The Morgan fingerprint density at radius 3 is 2.08 bits per heavy atom. The number of hydrogen-bond acceptors (Lipinski definition) is 4. The molecule has 0 unspecified atom stereocenters. The van der Waals surface area contributed by atoms with Gasteiger partial charge in [0.05, 0.1) is 10.9 Å². The first-order valence-corrected chi connectivity index (χ1v) is 10.2. The zero-order chi connectivity index (χ0) is 19.9. The van der Waals surface area contributed by atoms with Crippen LogP contribution in [0.25, 0.3) is 0 Å². The first-order valence-electron chi connectivity index (χ1n) is 8.71. The van der Waals surface area contributed by atoms with E-state index in [1.807, 2.05) is 6.92 Å². The van der Waals surface area contributed by atoms with Crippen LogP contribution in [0.15, 0.2) is 29.2 Å². The molecule has 1 aromatic carbocycles. The highest BCUT2D eigenvalue weighted by Gasteiger charge is 2.23. The van der Waals surface area contributed by atoms with E-state index in [0.717, 1.165) is 12.8 Å². The SMILES string of the molecule is CC(=O)Nc1ccc(S(=O)(=O)N[C@@H](C)C(=O)N[C@H](C)CCC(C)C)cc1. The summed E-state index contributed by atoms with van der Waals surface area (Å²) in [6.45, 7) is 9.01. The standard InChI is InChI=1S/C18H29N3O4S/c1-12(2)6-7-13(3)19-18(23)14(4)21-26(24,25)17-10-8-16(9-11-17)20-15(5)22/h8-14,21H,6-7H2,1-5H3,(H,19,23)(H,20,22)/t13-,14+/m1/s1.